The Morgan fingerprint density at radius 1 is 1.82 bits per heavy atom. The number of carbonyl (C=O) groups is 1. The lowest BCUT2D eigenvalue weighted by molar-refractivity contribution is -0.116. The maximum Gasteiger partial charge on any atom is 0.243 e. The molecule has 0 radical (unpaired) electrons. The smallest absolute Gasteiger partial charge is 0.243 e. The molecule has 1 aliphatic rings. The second-order valence-electron chi connectivity index (χ2n) is 2.71. The van der Waals surface area contributed by atoms with Crippen molar-refractivity contribution in [1.82, 2.24) is 5.32 Å². The summed E-state index contributed by atoms with van der Waals surface area (Å²) < 4.78 is 0. The van der Waals surface area contributed by atoms with Gasteiger partial charge in [0.25, 0.3) is 0 Å². The number of amides is 1. The van der Waals surface area contributed by atoms with Gasteiger partial charge in [-0.1, -0.05) is 18.7 Å². The normalized spacial score (nSPS) is 21.6. The second kappa shape index (κ2) is 3.96. The van der Waals surface area contributed by atoms with E-state index in [4.69, 9.17) is 0 Å². The lowest BCUT2D eigenvalue weighted by atomic mass is 10.1. The van der Waals surface area contributed by atoms with E-state index in [2.05, 4.69) is 24.0 Å². The maximum absolute atomic E-state index is 10.7. The molecule has 0 saturated carbocycles. The van der Waals surface area contributed by atoms with Crippen LogP contribution >= 0.6 is 0 Å². The molecule has 2 nitrogen and oxygen atoms in total. The Kier molecular flexibility index (Phi) is 2.90. The van der Waals surface area contributed by atoms with Crippen LogP contribution in [0.5, 0.6) is 0 Å². The van der Waals surface area contributed by atoms with E-state index >= 15 is 0 Å². The third-order valence-corrected chi connectivity index (χ3v) is 1.84. The summed E-state index contributed by atoms with van der Waals surface area (Å²) in [6, 6.07) is 0. The van der Waals surface area contributed by atoms with Crippen LogP contribution in [0.2, 0.25) is 0 Å². The fourth-order valence-corrected chi connectivity index (χ4v) is 1.17. The Morgan fingerprint density at radius 2 is 2.64 bits per heavy atom. The highest BCUT2D eigenvalue weighted by Gasteiger charge is 2.08. The summed E-state index contributed by atoms with van der Waals surface area (Å²) in [6.07, 6.45) is 7.93. The molecule has 1 aliphatic carbocycles. The predicted octanol–water partition coefficient (Wildman–Crippen LogP) is 1.25. The van der Waals surface area contributed by atoms with Gasteiger partial charge in [0.1, 0.15) is 0 Å². The zero-order valence-corrected chi connectivity index (χ0v) is 6.55. The van der Waals surface area contributed by atoms with Crippen molar-refractivity contribution < 1.29 is 4.79 Å². The Morgan fingerprint density at radius 3 is 3.18 bits per heavy atom. The van der Waals surface area contributed by atoms with E-state index in [-0.39, 0.29) is 5.91 Å². The van der Waals surface area contributed by atoms with Crippen LogP contribution in [-0.4, -0.2) is 12.5 Å². The first-order chi connectivity index (χ1) is 5.33. The fraction of sp³-hybridized carbons (Fsp3) is 0.444. The molecule has 0 aliphatic heterocycles. The van der Waals surface area contributed by atoms with Crippen molar-refractivity contribution >= 4 is 5.91 Å². The van der Waals surface area contributed by atoms with Crippen LogP contribution in [0.15, 0.2) is 24.8 Å². The zero-order valence-electron chi connectivity index (χ0n) is 6.55. The highest BCUT2D eigenvalue weighted by molar-refractivity contribution is 5.86. The number of hydrogen-bond acceptors (Lipinski definition) is 1. The molecule has 0 saturated heterocycles. The summed E-state index contributed by atoms with van der Waals surface area (Å²) in [6.45, 7) is 4.13. The van der Waals surface area contributed by atoms with Crippen molar-refractivity contribution in [1.29, 1.82) is 0 Å². The van der Waals surface area contributed by atoms with Crippen LogP contribution < -0.4 is 5.32 Å². The topological polar surface area (TPSA) is 29.1 Å². The quantitative estimate of drug-likeness (QED) is 0.477. The molecule has 2 heteroatoms. The Hall–Kier alpha value is -1.05. The van der Waals surface area contributed by atoms with Crippen molar-refractivity contribution in [2.24, 2.45) is 5.92 Å². The van der Waals surface area contributed by atoms with Gasteiger partial charge in [-0.15, -0.1) is 0 Å². The first kappa shape index (κ1) is 8.05. The number of carbonyl (C=O) groups excluding carboxylic acids is 1. The standard InChI is InChI=1S/C9H13NO/c1-2-9(11)10-7-8-5-3-4-6-8/h2-3,5,8H,1,4,6-7H2,(H,10,11). The Bertz CT molecular complexity index is 184. The van der Waals surface area contributed by atoms with E-state index in [0.29, 0.717) is 5.92 Å². The van der Waals surface area contributed by atoms with Crippen molar-refractivity contribution in [3.8, 4) is 0 Å². The van der Waals surface area contributed by atoms with Crippen LogP contribution in [0, 0.1) is 5.92 Å². The van der Waals surface area contributed by atoms with Gasteiger partial charge in [-0.25, -0.2) is 0 Å². The van der Waals surface area contributed by atoms with E-state index < -0.39 is 0 Å². The molecule has 1 atom stereocenters. The van der Waals surface area contributed by atoms with E-state index in [0.717, 1.165) is 19.4 Å². The maximum atomic E-state index is 10.7. The van der Waals surface area contributed by atoms with E-state index in [1.807, 2.05) is 0 Å². The average molecular weight is 151 g/mol. The highest BCUT2D eigenvalue weighted by atomic mass is 16.1. The lowest BCUT2D eigenvalue weighted by Crippen LogP contribution is -2.25. The first-order valence-electron chi connectivity index (χ1n) is 3.90. The molecule has 1 unspecified atom stereocenters. The molecule has 1 rings (SSSR count). The number of hydrogen-bond donors (Lipinski definition) is 1. The van der Waals surface area contributed by atoms with Crippen molar-refractivity contribution in [2.75, 3.05) is 6.54 Å². The molecule has 0 fully saturated rings. The average Bonchev–Trinajstić information content (AvgIpc) is 2.52. The van der Waals surface area contributed by atoms with Gasteiger partial charge in [0.15, 0.2) is 0 Å². The van der Waals surface area contributed by atoms with Crippen LogP contribution in [-0.2, 0) is 4.79 Å². The van der Waals surface area contributed by atoms with Gasteiger partial charge in [-0.3, -0.25) is 4.79 Å². The summed E-state index contributed by atoms with van der Waals surface area (Å²) in [5.74, 6) is 0.462. The molecule has 11 heavy (non-hydrogen) atoms. The van der Waals surface area contributed by atoms with Gasteiger partial charge in [-0.2, -0.15) is 0 Å². The Balaban J connectivity index is 2.16. The van der Waals surface area contributed by atoms with Crippen LogP contribution in [0.4, 0.5) is 0 Å². The van der Waals surface area contributed by atoms with E-state index in [1.54, 1.807) is 0 Å². The van der Waals surface area contributed by atoms with Crippen LogP contribution in [0.1, 0.15) is 12.8 Å². The monoisotopic (exact) mass is 151 g/mol. The van der Waals surface area contributed by atoms with Gasteiger partial charge in [0.05, 0.1) is 0 Å². The highest BCUT2D eigenvalue weighted by Crippen LogP contribution is 2.15. The van der Waals surface area contributed by atoms with E-state index in [1.165, 1.54) is 6.08 Å². The van der Waals surface area contributed by atoms with Gasteiger partial charge >= 0.3 is 0 Å². The first-order valence-corrected chi connectivity index (χ1v) is 3.90. The van der Waals surface area contributed by atoms with Gasteiger partial charge < -0.3 is 5.32 Å². The molecule has 0 bridgehead atoms. The molecule has 0 aromatic carbocycles. The summed E-state index contributed by atoms with van der Waals surface area (Å²) >= 11 is 0. The lowest BCUT2D eigenvalue weighted by Gasteiger charge is -2.06. The van der Waals surface area contributed by atoms with Gasteiger partial charge in [0, 0.05) is 6.54 Å². The zero-order chi connectivity index (χ0) is 8.10. The second-order valence-corrected chi connectivity index (χ2v) is 2.71. The predicted molar refractivity (Wildman–Crippen MR) is 45.1 cm³/mol. The van der Waals surface area contributed by atoms with Crippen LogP contribution in [0.25, 0.3) is 0 Å². The molecular formula is C9H13NO. The van der Waals surface area contributed by atoms with Crippen molar-refractivity contribution in [3.63, 3.8) is 0 Å². The largest absolute Gasteiger partial charge is 0.352 e. The number of rotatable bonds is 3. The van der Waals surface area contributed by atoms with Crippen LogP contribution in [0.3, 0.4) is 0 Å². The molecule has 1 amide bonds. The molecule has 0 aromatic heterocycles. The summed E-state index contributed by atoms with van der Waals surface area (Å²) in [4.78, 5) is 10.7. The van der Waals surface area contributed by atoms with Crippen molar-refractivity contribution in [2.45, 2.75) is 12.8 Å². The molecular weight excluding hydrogens is 138 g/mol. The van der Waals surface area contributed by atoms with Crippen molar-refractivity contribution in [3.05, 3.63) is 24.8 Å². The molecule has 0 aromatic rings. The third kappa shape index (κ3) is 2.58. The minimum absolute atomic E-state index is 0.0784. The molecule has 0 heterocycles. The Labute approximate surface area is 67.0 Å². The molecule has 60 valence electrons. The summed E-state index contributed by atoms with van der Waals surface area (Å²) in [7, 11) is 0. The third-order valence-electron chi connectivity index (χ3n) is 1.84. The molecule has 1 N–H and O–H groups in total. The summed E-state index contributed by atoms with van der Waals surface area (Å²) in [5, 5.41) is 2.77. The SMILES string of the molecule is C=CC(=O)NCC1C=CCC1. The van der Waals surface area contributed by atoms with Gasteiger partial charge in [0.2, 0.25) is 5.91 Å². The summed E-state index contributed by atoms with van der Waals surface area (Å²) in [5.41, 5.74) is 0. The minimum atomic E-state index is -0.0784. The van der Waals surface area contributed by atoms with E-state index in [9.17, 15) is 4.79 Å². The fourth-order valence-electron chi connectivity index (χ4n) is 1.17. The number of nitrogens with one attached hydrogen (secondary N) is 1. The van der Waals surface area contributed by atoms with Gasteiger partial charge in [-0.05, 0) is 24.8 Å². The molecule has 0 spiro atoms. The number of allylic oxidation sites excluding steroid dienone is 1. The minimum Gasteiger partial charge on any atom is -0.352 e.